The molecule has 0 bridgehead atoms. The molecule has 5 aromatic rings. The highest BCUT2D eigenvalue weighted by molar-refractivity contribution is 6.00. The van der Waals surface area contributed by atoms with Crippen molar-refractivity contribution in [1.29, 1.82) is 0 Å². The number of fused-ring (bicyclic) bond motifs is 2. The van der Waals surface area contributed by atoms with E-state index in [1.807, 2.05) is 0 Å². The standard InChI is InChI=1S/C33H41N9/c1-21-17-28-29(18-22(21)2)40(4)33(38-28)37-24-7-5-23(6-8-24)27-19-42(32-30(27)31(34)35-20-36-32)26-11-9-25(10-12-26)41-15-13-39(3)14-16-41/h5-8,17-20,25-26H,9-16H2,1-4H3,(H,37,38)(H2,34,35,36)/t25-,26+. The van der Waals surface area contributed by atoms with Crippen LogP contribution in [0.15, 0.2) is 48.9 Å². The Labute approximate surface area is 247 Å². The molecule has 42 heavy (non-hydrogen) atoms. The van der Waals surface area contributed by atoms with Gasteiger partial charge in [0.1, 0.15) is 17.8 Å². The lowest BCUT2D eigenvalue weighted by atomic mass is 9.89. The first-order chi connectivity index (χ1) is 20.4. The van der Waals surface area contributed by atoms with Gasteiger partial charge in [-0.1, -0.05) is 12.1 Å². The number of hydrogen-bond donors (Lipinski definition) is 2. The van der Waals surface area contributed by atoms with E-state index in [-0.39, 0.29) is 0 Å². The van der Waals surface area contributed by atoms with E-state index in [1.54, 1.807) is 6.33 Å². The molecule has 2 aliphatic rings. The smallest absolute Gasteiger partial charge is 0.208 e. The van der Waals surface area contributed by atoms with Crippen molar-refractivity contribution in [2.45, 2.75) is 51.6 Å². The number of rotatable bonds is 5. The fourth-order valence-corrected chi connectivity index (χ4v) is 6.92. The Hall–Kier alpha value is -3.95. The zero-order valence-electron chi connectivity index (χ0n) is 25.1. The predicted octanol–water partition coefficient (Wildman–Crippen LogP) is 5.66. The third-order valence-corrected chi connectivity index (χ3v) is 9.70. The van der Waals surface area contributed by atoms with Gasteiger partial charge in [0.25, 0.3) is 0 Å². The van der Waals surface area contributed by atoms with Crippen LogP contribution in [0, 0.1) is 13.8 Å². The topological polar surface area (TPSA) is 93.1 Å². The van der Waals surface area contributed by atoms with Gasteiger partial charge in [-0.05, 0) is 87.5 Å². The number of hydrogen-bond acceptors (Lipinski definition) is 7. The van der Waals surface area contributed by atoms with Crippen molar-refractivity contribution in [2.24, 2.45) is 7.05 Å². The van der Waals surface area contributed by atoms with E-state index in [1.165, 1.54) is 50.1 Å². The van der Waals surface area contributed by atoms with Crippen molar-refractivity contribution in [3.05, 3.63) is 60.0 Å². The fraction of sp³-hybridized carbons (Fsp3) is 0.424. The molecule has 4 heterocycles. The van der Waals surface area contributed by atoms with E-state index in [0.29, 0.717) is 17.9 Å². The zero-order chi connectivity index (χ0) is 29.0. The van der Waals surface area contributed by atoms with Crippen LogP contribution in [0.2, 0.25) is 0 Å². The van der Waals surface area contributed by atoms with Crippen molar-refractivity contribution < 1.29 is 0 Å². The van der Waals surface area contributed by atoms with E-state index < -0.39 is 0 Å². The summed E-state index contributed by atoms with van der Waals surface area (Å²) in [7, 11) is 4.28. The third kappa shape index (κ3) is 4.80. The minimum Gasteiger partial charge on any atom is -0.383 e. The fourth-order valence-electron chi connectivity index (χ4n) is 6.92. The molecule has 3 aromatic heterocycles. The molecule has 0 amide bonds. The number of nitrogen functional groups attached to an aromatic ring is 1. The summed E-state index contributed by atoms with van der Waals surface area (Å²) in [6, 6.07) is 14.0. The number of nitrogens with two attached hydrogens (primary N) is 1. The first-order valence-electron chi connectivity index (χ1n) is 15.2. The zero-order valence-corrected chi connectivity index (χ0v) is 25.1. The van der Waals surface area contributed by atoms with E-state index in [9.17, 15) is 0 Å². The molecule has 9 heteroatoms. The second-order valence-electron chi connectivity index (χ2n) is 12.3. The molecule has 0 atom stereocenters. The maximum atomic E-state index is 6.48. The van der Waals surface area contributed by atoms with Gasteiger partial charge in [0.2, 0.25) is 5.95 Å². The van der Waals surface area contributed by atoms with Crippen LogP contribution in [0.1, 0.15) is 42.9 Å². The number of aryl methyl sites for hydroxylation is 3. The van der Waals surface area contributed by atoms with Crippen molar-refractivity contribution in [2.75, 3.05) is 44.3 Å². The Balaban J connectivity index is 1.13. The lowest BCUT2D eigenvalue weighted by Crippen LogP contribution is -2.49. The lowest BCUT2D eigenvalue weighted by Gasteiger charge is -2.41. The highest BCUT2D eigenvalue weighted by atomic mass is 15.3. The minimum absolute atomic E-state index is 0.421. The second-order valence-corrected chi connectivity index (χ2v) is 12.3. The van der Waals surface area contributed by atoms with Gasteiger partial charge in [0, 0.05) is 62.8 Å². The molecule has 1 saturated carbocycles. The average Bonchev–Trinajstić information content (AvgIpc) is 3.53. The summed E-state index contributed by atoms with van der Waals surface area (Å²) in [5.74, 6) is 1.36. The maximum absolute atomic E-state index is 6.48. The largest absolute Gasteiger partial charge is 0.383 e. The molecule has 9 nitrogen and oxygen atoms in total. The third-order valence-electron chi connectivity index (χ3n) is 9.70. The average molecular weight is 564 g/mol. The van der Waals surface area contributed by atoms with Gasteiger partial charge in [-0.2, -0.15) is 0 Å². The summed E-state index contributed by atoms with van der Waals surface area (Å²) < 4.78 is 4.48. The number of aromatic nitrogens is 5. The van der Waals surface area contributed by atoms with E-state index in [0.717, 1.165) is 57.7 Å². The quantitative estimate of drug-likeness (QED) is 0.285. The Bertz CT molecular complexity index is 1730. The Morgan fingerprint density at radius 3 is 2.29 bits per heavy atom. The molecule has 218 valence electrons. The highest BCUT2D eigenvalue weighted by Gasteiger charge is 2.30. The van der Waals surface area contributed by atoms with Crippen LogP contribution in [0.25, 0.3) is 33.2 Å². The highest BCUT2D eigenvalue weighted by Crippen LogP contribution is 2.39. The van der Waals surface area contributed by atoms with Crippen LogP contribution < -0.4 is 11.1 Å². The van der Waals surface area contributed by atoms with Crippen molar-refractivity contribution in [1.82, 2.24) is 33.9 Å². The molecule has 7 rings (SSSR count). The van der Waals surface area contributed by atoms with Crippen LogP contribution in [0.3, 0.4) is 0 Å². The summed E-state index contributed by atoms with van der Waals surface area (Å²) in [6.45, 7) is 8.99. The molecule has 1 saturated heterocycles. The van der Waals surface area contributed by atoms with E-state index >= 15 is 0 Å². The first-order valence-corrected chi connectivity index (χ1v) is 15.2. The Morgan fingerprint density at radius 1 is 0.857 bits per heavy atom. The Morgan fingerprint density at radius 2 is 1.55 bits per heavy atom. The number of imidazole rings is 1. The number of likely N-dealkylation sites (N-methyl/N-ethyl adjacent to an activating group) is 1. The van der Waals surface area contributed by atoms with Crippen LogP contribution in [-0.2, 0) is 7.05 Å². The summed E-state index contributed by atoms with van der Waals surface area (Å²) in [6.07, 6.45) is 8.63. The van der Waals surface area contributed by atoms with Crippen molar-refractivity contribution in [3.8, 4) is 11.1 Å². The van der Waals surface area contributed by atoms with Crippen molar-refractivity contribution in [3.63, 3.8) is 0 Å². The monoisotopic (exact) mass is 563 g/mol. The van der Waals surface area contributed by atoms with Crippen LogP contribution in [0.4, 0.5) is 17.5 Å². The maximum Gasteiger partial charge on any atom is 0.208 e. The number of piperazine rings is 1. The van der Waals surface area contributed by atoms with E-state index in [2.05, 4.69) is 99.8 Å². The summed E-state index contributed by atoms with van der Waals surface area (Å²) >= 11 is 0. The van der Waals surface area contributed by atoms with Gasteiger partial charge in [-0.25, -0.2) is 15.0 Å². The predicted molar refractivity (Wildman–Crippen MR) is 171 cm³/mol. The summed E-state index contributed by atoms with van der Waals surface area (Å²) in [5, 5.41) is 4.45. The molecular weight excluding hydrogens is 522 g/mol. The van der Waals surface area contributed by atoms with Crippen molar-refractivity contribution >= 4 is 39.5 Å². The second kappa shape index (κ2) is 10.7. The molecule has 1 aliphatic carbocycles. The normalized spacial score (nSPS) is 20.5. The van der Waals surface area contributed by atoms with E-state index in [4.69, 9.17) is 15.7 Å². The molecule has 3 N–H and O–H groups in total. The first kappa shape index (κ1) is 26.9. The lowest BCUT2D eigenvalue weighted by molar-refractivity contribution is 0.0828. The summed E-state index contributed by atoms with van der Waals surface area (Å²) in [5.41, 5.74) is 15.2. The molecule has 2 aromatic carbocycles. The summed E-state index contributed by atoms with van der Waals surface area (Å²) in [4.78, 5) is 19.1. The molecule has 1 aliphatic heterocycles. The Kier molecular flexibility index (Phi) is 6.86. The molecular formula is C33H41N9. The minimum atomic E-state index is 0.421. The number of anilines is 3. The molecule has 2 fully saturated rings. The number of benzene rings is 2. The van der Waals surface area contributed by atoms with Gasteiger partial charge in [-0.3, -0.25) is 4.90 Å². The molecule has 0 unspecified atom stereocenters. The van der Waals surface area contributed by atoms with Crippen LogP contribution in [0.5, 0.6) is 0 Å². The van der Waals surface area contributed by atoms with Gasteiger partial charge in [0.05, 0.1) is 16.4 Å². The SMILES string of the molecule is Cc1cc2nc(Nc3ccc(-c4cn([C@H]5CC[C@@H](N6CCN(C)CC6)CC5)c5ncnc(N)c45)cc3)n(C)c2cc1C. The van der Waals surface area contributed by atoms with Gasteiger partial charge in [0.15, 0.2) is 0 Å². The number of nitrogens with zero attached hydrogens (tertiary/aromatic N) is 7. The van der Waals surface area contributed by atoms with Gasteiger partial charge < -0.3 is 25.1 Å². The molecule has 0 spiro atoms. The van der Waals surface area contributed by atoms with Crippen LogP contribution >= 0.6 is 0 Å². The number of nitrogens with one attached hydrogen (secondary N) is 1. The van der Waals surface area contributed by atoms with Gasteiger partial charge >= 0.3 is 0 Å². The molecule has 0 radical (unpaired) electrons. The van der Waals surface area contributed by atoms with Gasteiger partial charge in [-0.15, -0.1) is 0 Å². The van der Waals surface area contributed by atoms with Crippen LogP contribution in [-0.4, -0.2) is 73.2 Å².